The van der Waals surface area contributed by atoms with Gasteiger partial charge in [0.1, 0.15) is 11.6 Å². The number of anilines is 1. The first-order chi connectivity index (χ1) is 14.2. The number of fused-ring (bicyclic) bond motifs is 2. The number of nitrogens with one attached hydrogen (secondary N) is 1. The van der Waals surface area contributed by atoms with E-state index in [0.29, 0.717) is 6.04 Å². The molecule has 0 saturated heterocycles. The largest absolute Gasteiger partial charge is 0.363 e. The molecule has 1 atom stereocenters. The topological polar surface area (TPSA) is 42.7 Å². The van der Waals surface area contributed by atoms with E-state index < -0.39 is 0 Å². The summed E-state index contributed by atoms with van der Waals surface area (Å²) in [5, 5.41) is 4.95. The monoisotopic (exact) mass is 382 g/mol. The van der Waals surface area contributed by atoms with Crippen LogP contribution in [0.25, 0.3) is 22.2 Å². The van der Waals surface area contributed by atoms with Crippen molar-refractivity contribution in [1.82, 2.24) is 14.5 Å². The number of hydrogen-bond donors (Lipinski definition) is 1. The second-order valence-electron chi connectivity index (χ2n) is 7.85. The van der Waals surface area contributed by atoms with Crippen LogP contribution in [0.4, 0.5) is 5.82 Å². The number of nitrogens with zero attached hydrogens (tertiary/aromatic N) is 3. The van der Waals surface area contributed by atoms with Crippen LogP contribution < -0.4 is 5.32 Å². The molecule has 4 aromatic rings. The summed E-state index contributed by atoms with van der Waals surface area (Å²) in [6, 6.07) is 19.9. The van der Waals surface area contributed by atoms with Gasteiger partial charge >= 0.3 is 0 Å². The average Bonchev–Trinajstić information content (AvgIpc) is 3.16. The van der Waals surface area contributed by atoms with E-state index >= 15 is 0 Å². The Morgan fingerprint density at radius 2 is 1.97 bits per heavy atom. The maximum absolute atomic E-state index is 4.73. The van der Waals surface area contributed by atoms with Crippen LogP contribution in [0.3, 0.4) is 0 Å². The highest BCUT2D eigenvalue weighted by molar-refractivity contribution is 5.85. The molecule has 0 bridgehead atoms. The molecule has 2 heterocycles. The van der Waals surface area contributed by atoms with E-state index in [1.807, 2.05) is 6.92 Å². The van der Waals surface area contributed by atoms with Crippen molar-refractivity contribution in [3.8, 4) is 11.3 Å². The van der Waals surface area contributed by atoms with Gasteiger partial charge in [-0.1, -0.05) is 36.4 Å². The van der Waals surface area contributed by atoms with Crippen LogP contribution in [0, 0.1) is 6.92 Å². The Bertz CT molecular complexity index is 1170. The van der Waals surface area contributed by atoms with E-state index in [9.17, 15) is 0 Å². The Balaban J connectivity index is 1.50. The molecular formula is C25H26N4. The molecule has 0 fully saturated rings. The normalized spacial score (nSPS) is 16.0. The van der Waals surface area contributed by atoms with Gasteiger partial charge in [-0.3, -0.25) is 0 Å². The molecule has 4 nitrogen and oxygen atoms in total. The molecule has 0 saturated carbocycles. The van der Waals surface area contributed by atoms with Gasteiger partial charge in [0.15, 0.2) is 0 Å². The lowest BCUT2D eigenvalue weighted by molar-refractivity contribution is 0.598. The Morgan fingerprint density at radius 3 is 2.86 bits per heavy atom. The van der Waals surface area contributed by atoms with Crippen molar-refractivity contribution in [2.45, 2.75) is 45.7 Å². The molecule has 1 aliphatic rings. The summed E-state index contributed by atoms with van der Waals surface area (Å²) in [6.07, 6.45) is 5.65. The summed E-state index contributed by atoms with van der Waals surface area (Å²) in [5.41, 5.74) is 6.20. The second-order valence-corrected chi connectivity index (χ2v) is 7.85. The Hall–Kier alpha value is -3.14. The first-order valence-electron chi connectivity index (χ1n) is 10.5. The fourth-order valence-electron chi connectivity index (χ4n) is 4.49. The first-order valence-corrected chi connectivity index (χ1v) is 10.5. The maximum atomic E-state index is 4.73. The number of aromatic nitrogens is 3. The summed E-state index contributed by atoms with van der Waals surface area (Å²) < 4.78 is 2.27. The van der Waals surface area contributed by atoms with E-state index in [0.717, 1.165) is 35.9 Å². The van der Waals surface area contributed by atoms with Crippen molar-refractivity contribution in [2.24, 2.45) is 0 Å². The Morgan fingerprint density at radius 1 is 1.07 bits per heavy atom. The maximum Gasteiger partial charge on any atom is 0.130 e. The quantitative estimate of drug-likeness (QED) is 0.477. The minimum atomic E-state index is 0.307. The predicted molar refractivity (Wildman–Crippen MR) is 119 cm³/mol. The van der Waals surface area contributed by atoms with Crippen LogP contribution in [0.1, 0.15) is 42.8 Å². The van der Waals surface area contributed by atoms with Crippen LogP contribution in [-0.2, 0) is 13.0 Å². The lowest BCUT2D eigenvalue weighted by Gasteiger charge is -2.27. The van der Waals surface area contributed by atoms with Gasteiger partial charge in [-0.2, -0.15) is 0 Å². The van der Waals surface area contributed by atoms with Gasteiger partial charge < -0.3 is 9.88 Å². The second kappa shape index (κ2) is 7.36. The average molecular weight is 383 g/mol. The van der Waals surface area contributed by atoms with Crippen molar-refractivity contribution < 1.29 is 0 Å². The molecule has 0 aliphatic heterocycles. The zero-order valence-corrected chi connectivity index (χ0v) is 17.0. The zero-order chi connectivity index (χ0) is 19.8. The van der Waals surface area contributed by atoms with E-state index in [4.69, 9.17) is 4.98 Å². The van der Waals surface area contributed by atoms with Crippen LogP contribution in [-0.4, -0.2) is 14.5 Å². The molecule has 4 heteroatoms. The van der Waals surface area contributed by atoms with Crippen molar-refractivity contribution >= 4 is 16.7 Å². The van der Waals surface area contributed by atoms with Crippen LogP contribution in [0.15, 0.2) is 60.8 Å². The number of rotatable bonds is 4. The third kappa shape index (κ3) is 3.39. The molecule has 0 spiro atoms. The molecular weight excluding hydrogens is 356 g/mol. The van der Waals surface area contributed by atoms with Gasteiger partial charge in [0.2, 0.25) is 0 Å². The Kier molecular flexibility index (Phi) is 4.55. The Labute approximate surface area is 171 Å². The van der Waals surface area contributed by atoms with Crippen molar-refractivity contribution in [3.63, 3.8) is 0 Å². The molecule has 5 rings (SSSR count). The minimum Gasteiger partial charge on any atom is -0.363 e. The van der Waals surface area contributed by atoms with Crippen LogP contribution in [0.5, 0.6) is 0 Å². The fourth-order valence-corrected chi connectivity index (χ4v) is 4.49. The van der Waals surface area contributed by atoms with Gasteiger partial charge in [0.25, 0.3) is 0 Å². The number of benzene rings is 2. The highest BCUT2D eigenvalue weighted by Crippen LogP contribution is 2.33. The van der Waals surface area contributed by atoms with E-state index in [1.165, 1.54) is 34.9 Å². The molecule has 0 radical (unpaired) electrons. The molecule has 0 unspecified atom stereocenters. The van der Waals surface area contributed by atoms with Gasteiger partial charge in [-0.25, -0.2) is 9.97 Å². The third-order valence-corrected chi connectivity index (χ3v) is 5.94. The molecule has 0 amide bonds. The summed E-state index contributed by atoms with van der Waals surface area (Å²) in [7, 11) is 0. The lowest BCUT2D eigenvalue weighted by atomic mass is 9.88. The molecule has 2 aromatic carbocycles. The van der Waals surface area contributed by atoms with Crippen LogP contribution >= 0.6 is 0 Å². The van der Waals surface area contributed by atoms with Gasteiger partial charge in [-0.15, -0.1) is 0 Å². The molecule has 146 valence electrons. The zero-order valence-electron chi connectivity index (χ0n) is 17.0. The number of aryl methyl sites for hydroxylation is 3. The molecule has 1 aliphatic carbocycles. The van der Waals surface area contributed by atoms with Crippen molar-refractivity contribution in [1.29, 1.82) is 0 Å². The van der Waals surface area contributed by atoms with Gasteiger partial charge in [-0.05, 0) is 61.8 Å². The van der Waals surface area contributed by atoms with E-state index in [-0.39, 0.29) is 0 Å². The SMILES string of the molecule is CCn1ccc2ccc(-c3cc(N[C@@H]4CCCc5ccccc54)nc(C)n3)cc21. The highest BCUT2D eigenvalue weighted by atomic mass is 15.0. The predicted octanol–water partition coefficient (Wildman–Crippen LogP) is 5.92. The third-order valence-electron chi connectivity index (χ3n) is 5.94. The smallest absolute Gasteiger partial charge is 0.130 e. The van der Waals surface area contributed by atoms with Crippen molar-refractivity contribution in [3.05, 3.63) is 77.7 Å². The van der Waals surface area contributed by atoms with Crippen LogP contribution in [0.2, 0.25) is 0 Å². The fraction of sp³-hybridized carbons (Fsp3) is 0.280. The molecule has 1 N–H and O–H groups in total. The standard InChI is InChI=1S/C25H26N4/c1-3-29-14-13-19-11-12-20(15-24(19)29)23-16-25(27-17(2)26-23)28-22-10-6-8-18-7-4-5-9-21(18)22/h4-5,7,9,11-16,22H,3,6,8,10H2,1-2H3,(H,26,27,28)/t22-/m1/s1. The minimum absolute atomic E-state index is 0.307. The van der Waals surface area contributed by atoms with Crippen molar-refractivity contribution in [2.75, 3.05) is 5.32 Å². The lowest BCUT2D eigenvalue weighted by Crippen LogP contribution is -2.18. The summed E-state index contributed by atoms with van der Waals surface area (Å²) in [6.45, 7) is 5.10. The van der Waals surface area contributed by atoms with E-state index in [2.05, 4.69) is 82.6 Å². The van der Waals surface area contributed by atoms with Gasteiger partial charge in [0, 0.05) is 29.9 Å². The summed E-state index contributed by atoms with van der Waals surface area (Å²) >= 11 is 0. The van der Waals surface area contributed by atoms with E-state index in [1.54, 1.807) is 0 Å². The highest BCUT2D eigenvalue weighted by Gasteiger charge is 2.20. The molecule has 2 aromatic heterocycles. The van der Waals surface area contributed by atoms with Gasteiger partial charge in [0.05, 0.1) is 11.7 Å². The summed E-state index contributed by atoms with van der Waals surface area (Å²) in [5.74, 6) is 1.69. The molecule has 29 heavy (non-hydrogen) atoms. The summed E-state index contributed by atoms with van der Waals surface area (Å²) in [4.78, 5) is 9.41. The first kappa shape index (κ1) is 17.9. The number of hydrogen-bond acceptors (Lipinski definition) is 3.